The first-order valence-corrected chi connectivity index (χ1v) is 13.4. The number of hydrogen-bond acceptors (Lipinski definition) is 4. The Morgan fingerprint density at radius 2 is 1.90 bits per heavy atom. The van der Waals surface area contributed by atoms with E-state index in [1.807, 2.05) is 18.2 Å². The van der Waals surface area contributed by atoms with Crippen molar-refractivity contribution in [3.8, 4) is 0 Å². The molecule has 2 heterocycles. The van der Waals surface area contributed by atoms with Crippen LogP contribution in [0.2, 0.25) is 0 Å². The Labute approximate surface area is 203 Å². The predicted octanol–water partition coefficient (Wildman–Crippen LogP) is 5.14. The highest BCUT2D eigenvalue weighted by molar-refractivity contribution is 9.13. The molecule has 2 unspecified atom stereocenters. The number of carbonyl (C=O) groups excluding carboxylic acids is 1. The summed E-state index contributed by atoms with van der Waals surface area (Å²) in [5, 5.41) is 0. The molecule has 2 atom stereocenters. The van der Waals surface area contributed by atoms with Gasteiger partial charge in [0, 0.05) is 40.4 Å². The first-order valence-electron chi connectivity index (χ1n) is 11.8. The highest BCUT2D eigenvalue weighted by Gasteiger charge is 2.49. The minimum atomic E-state index is -0.434. The van der Waals surface area contributed by atoms with Crippen molar-refractivity contribution in [1.82, 2.24) is 9.80 Å². The Morgan fingerprint density at radius 1 is 1.16 bits per heavy atom. The smallest absolute Gasteiger partial charge is 0.227 e. The highest BCUT2D eigenvalue weighted by atomic mass is 79.9. The fraction of sp³-hybridized carbons (Fsp3) is 0.708. The molecule has 5 nitrogen and oxygen atoms in total. The molecule has 0 N–H and O–H groups in total. The second-order valence-electron chi connectivity index (χ2n) is 9.09. The average Bonchev–Trinajstić information content (AvgIpc) is 3.23. The largest absolute Gasteiger partial charge is 0.347 e. The number of rotatable bonds is 6. The number of amides is 1. The molecule has 1 aromatic carbocycles. The van der Waals surface area contributed by atoms with Crippen LogP contribution in [0, 0.1) is 0 Å². The zero-order valence-electron chi connectivity index (χ0n) is 18.5. The lowest BCUT2D eigenvalue weighted by molar-refractivity contribution is -0.201. The molecule has 1 saturated carbocycles. The number of hydrogen-bond donors (Lipinski definition) is 0. The maximum absolute atomic E-state index is 13.6. The lowest BCUT2D eigenvalue weighted by atomic mass is 9.82. The van der Waals surface area contributed by atoms with Gasteiger partial charge in [0.15, 0.2) is 5.79 Å². The van der Waals surface area contributed by atoms with Gasteiger partial charge in [0.25, 0.3) is 0 Å². The van der Waals surface area contributed by atoms with E-state index in [1.165, 1.54) is 19.3 Å². The third kappa shape index (κ3) is 5.55. The Kier molecular flexibility index (Phi) is 8.13. The SMILES string of the molecule is CCCN(C(=O)Cc1ccc(Br)c(Br)c1)C1CCC2(CC1N1CCCCC1)OCCO2. The van der Waals surface area contributed by atoms with Gasteiger partial charge in [-0.25, -0.2) is 0 Å². The zero-order chi connectivity index (χ0) is 21.8. The zero-order valence-corrected chi connectivity index (χ0v) is 21.6. The standard InChI is InChI=1S/C24H34Br2N2O3/c1-2-10-28(23(29)16-18-6-7-19(25)20(26)15-18)21-8-9-24(30-13-14-31-24)17-22(21)27-11-4-3-5-12-27/h6-7,15,21-22H,2-5,8-14,16-17H2,1H3. The summed E-state index contributed by atoms with van der Waals surface area (Å²) in [6.45, 7) is 6.58. The van der Waals surface area contributed by atoms with Crippen molar-refractivity contribution in [1.29, 1.82) is 0 Å². The molecule has 1 aromatic rings. The van der Waals surface area contributed by atoms with Crippen LogP contribution in [0.25, 0.3) is 0 Å². The molecular formula is C24H34Br2N2O3. The summed E-state index contributed by atoms with van der Waals surface area (Å²) in [5.41, 5.74) is 1.05. The van der Waals surface area contributed by atoms with E-state index in [9.17, 15) is 4.79 Å². The maximum atomic E-state index is 13.6. The Morgan fingerprint density at radius 3 is 2.58 bits per heavy atom. The van der Waals surface area contributed by atoms with Crippen LogP contribution in [0.15, 0.2) is 27.1 Å². The lowest BCUT2D eigenvalue weighted by Gasteiger charge is -2.50. The molecule has 0 bridgehead atoms. The molecule has 2 saturated heterocycles. The molecule has 2 aliphatic heterocycles. The second kappa shape index (κ2) is 10.6. The van der Waals surface area contributed by atoms with Gasteiger partial charge in [-0.05, 0) is 88.3 Å². The highest BCUT2D eigenvalue weighted by Crippen LogP contribution is 2.40. The van der Waals surface area contributed by atoms with E-state index < -0.39 is 5.79 Å². The maximum Gasteiger partial charge on any atom is 0.227 e. The van der Waals surface area contributed by atoms with E-state index in [0.29, 0.717) is 25.7 Å². The Bertz CT molecular complexity index is 763. The van der Waals surface area contributed by atoms with Gasteiger partial charge in [0.05, 0.1) is 19.6 Å². The monoisotopic (exact) mass is 556 g/mol. The van der Waals surface area contributed by atoms with Crippen molar-refractivity contribution in [2.24, 2.45) is 0 Å². The van der Waals surface area contributed by atoms with Crippen LogP contribution in [-0.2, 0) is 20.7 Å². The number of piperidine rings is 1. The van der Waals surface area contributed by atoms with E-state index in [-0.39, 0.29) is 11.9 Å². The Hall–Kier alpha value is -0.470. The van der Waals surface area contributed by atoms with Gasteiger partial charge in [-0.2, -0.15) is 0 Å². The number of benzene rings is 1. The van der Waals surface area contributed by atoms with Crippen LogP contribution in [0.1, 0.15) is 57.4 Å². The molecule has 1 spiro atoms. The number of ether oxygens (including phenoxy) is 2. The van der Waals surface area contributed by atoms with Gasteiger partial charge in [-0.1, -0.05) is 19.4 Å². The quantitative estimate of drug-likeness (QED) is 0.485. The second-order valence-corrected chi connectivity index (χ2v) is 10.8. The molecule has 31 heavy (non-hydrogen) atoms. The first-order chi connectivity index (χ1) is 15.0. The van der Waals surface area contributed by atoms with Crippen LogP contribution in [-0.4, -0.2) is 66.4 Å². The van der Waals surface area contributed by atoms with Crippen molar-refractivity contribution < 1.29 is 14.3 Å². The molecule has 1 amide bonds. The normalized spacial score (nSPS) is 26.3. The number of carbonyl (C=O) groups is 1. The van der Waals surface area contributed by atoms with Crippen LogP contribution in [0.4, 0.5) is 0 Å². The van der Waals surface area contributed by atoms with Crippen molar-refractivity contribution >= 4 is 37.8 Å². The first kappa shape index (κ1) is 23.7. The molecule has 4 rings (SSSR count). The summed E-state index contributed by atoms with van der Waals surface area (Å²) >= 11 is 7.09. The van der Waals surface area contributed by atoms with Crippen LogP contribution < -0.4 is 0 Å². The van der Waals surface area contributed by atoms with E-state index in [0.717, 1.165) is 59.8 Å². The topological polar surface area (TPSA) is 42.0 Å². The van der Waals surface area contributed by atoms with Crippen LogP contribution in [0.3, 0.4) is 0 Å². The fourth-order valence-corrected chi connectivity index (χ4v) is 6.18. The third-order valence-electron chi connectivity index (χ3n) is 6.98. The summed E-state index contributed by atoms with van der Waals surface area (Å²) in [5.74, 6) is -0.205. The van der Waals surface area contributed by atoms with Gasteiger partial charge < -0.3 is 14.4 Å². The predicted molar refractivity (Wildman–Crippen MR) is 129 cm³/mol. The van der Waals surface area contributed by atoms with Gasteiger partial charge in [0.1, 0.15) is 0 Å². The van der Waals surface area contributed by atoms with Gasteiger partial charge in [-0.3, -0.25) is 9.69 Å². The summed E-state index contributed by atoms with van der Waals surface area (Å²) in [6, 6.07) is 6.62. The molecule has 0 aromatic heterocycles. The minimum Gasteiger partial charge on any atom is -0.347 e. The average molecular weight is 558 g/mol. The summed E-state index contributed by atoms with van der Waals surface area (Å²) in [4.78, 5) is 18.4. The van der Waals surface area contributed by atoms with E-state index in [1.54, 1.807) is 0 Å². The summed E-state index contributed by atoms with van der Waals surface area (Å²) in [6.07, 6.45) is 7.89. The van der Waals surface area contributed by atoms with Crippen LogP contribution in [0.5, 0.6) is 0 Å². The van der Waals surface area contributed by atoms with Crippen molar-refractivity contribution in [3.63, 3.8) is 0 Å². The van der Waals surface area contributed by atoms with Gasteiger partial charge >= 0.3 is 0 Å². The molecule has 3 fully saturated rings. The summed E-state index contributed by atoms with van der Waals surface area (Å²) < 4.78 is 14.2. The molecular weight excluding hydrogens is 524 g/mol. The van der Waals surface area contributed by atoms with Gasteiger partial charge in [0.2, 0.25) is 5.91 Å². The fourth-order valence-electron chi connectivity index (χ4n) is 5.50. The minimum absolute atomic E-state index is 0.225. The Balaban J connectivity index is 1.54. The summed E-state index contributed by atoms with van der Waals surface area (Å²) in [7, 11) is 0. The van der Waals surface area contributed by atoms with E-state index in [4.69, 9.17) is 9.47 Å². The lowest BCUT2D eigenvalue weighted by Crippen LogP contribution is -2.61. The van der Waals surface area contributed by atoms with E-state index in [2.05, 4.69) is 48.6 Å². The molecule has 1 aliphatic carbocycles. The van der Waals surface area contributed by atoms with Crippen LogP contribution >= 0.6 is 31.9 Å². The molecule has 0 radical (unpaired) electrons. The van der Waals surface area contributed by atoms with Gasteiger partial charge in [-0.15, -0.1) is 0 Å². The number of nitrogens with zero attached hydrogens (tertiary/aromatic N) is 2. The molecule has 7 heteroatoms. The number of likely N-dealkylation sites (tertiary alicyclic amines) is 1. The molecule has 3 aliphatic rings. The number of halogens is 2. The third-order valence-corrected chi connectivity index (χ3v) is 8.86. The molecule has 172 valence electrons. The van der Waals surface area contributed by atoms with Crippen molar-refractivity contribution in [3.05, 3.63) is 32.7 Å². The van der Waals surface area contributed by atoms with Crippen molar-refractivity contribution in [2.75, 3.05) is 32.8 Å². The van der Waals surface area contributed by atoms with E-state index >= 15 is 0 Å². The van der Waals surface area contributed by atoms with Crippen molar-refractivity contribution in [2.45, 2.75) is 76.2 Å².